The minimum atomic E-state index is -4.88. The quantitative estimate of drug-likeness (QED) is 0.106. The molecule has 0 bridgehead atoms. The van der Waals surface area contributed by atoms with Crippen molar-refractivity contribution in [3.8, 4) is 11.5 Å². The zero-order valence-electron chi connectivity index (χ0n) is 19.8. The molecule has 1 radical (unpaired) electrons. The Bertz CT molecular complexity index is 1280. The first kappa shape index (κ1) is 32.8. The number of aryl methyl sites for hydroxylation is 1. The second kappa shape index (κ2) is 13.8. The Kier molecular flexibility index (Phi) is 12.9. The number of hydrogen-bond donors (Lipinski definition) is 6. The number of benzene rings is 3. The molecular weight excluding hydrogens is 548 g/mol. The Labute approximate surface area is 217 Å². The maximum absolute atomic E-state index is 11.8. The van der Waals surface area contributed by atoms with Gasteiger partial charge in [-0.3, -0.25) is 4.55 Å². The van der Waals surface area contributed by atoms with Gasteiger partial charge in [0.15, 0.2) is 5.75 Å². The Morgan fingerprint density at radius 3 is 1.89 bits per heavy atom. The molecule has 199 valence electrons. The monoisotopic (exact) mass is 577 g/mol. The van der Waals surface area contributed by atoms with Crippen LogP contribution in [0.3, 0.4) is 0 Å². The van der Waals surface area contributed by atoms with Gasteiger partial charge in [0.2, 0.25) is 0 Å². The number of phenolic OH excluding ortho intramolecular Hbond substituents is 2. The third-order valence-corrected chi connectivity index (χ3v) is 5.75. The van der Waals surface area contributed by atoms with Crippen LogP contribution in [0.2, 0.25) is 0 Å². The molecule has 0 fully saturated rings. The predicted molar refractivity (Wildman–Crippen MR) is 134 cm³/mol. The van der Waals surface area contributed by atoms with E-state index in [0.29, 0.717) is 5.56 Å². The van der Waals surface area contributed by atoms with Crippen molar-refractivity contribution in [2.75, 3.05) is 0 Å². The van der Waals surface area contributed by atoms with Crippen molar-refractivity contribution in [3.63, 3.8) is 0 Å². The zero-order valence-corrected chi connectivity index (χ0v) is 22.3. The second-order valence-electron chi connectivity index (χ2n) is 6.82. The molecule has 0 saturated heterocycles. The van der Waals surface area contributed by atoms with Crippen LogP contribution in [0.1, 0.15) is 39.7 Å². The molecule has 0 heterocycles. The van der Waals surface area contributed by atoms with E-state index < -0.39 is 42.2 Å². The van der Waals surface area contributed by atoms with E-state index in [2.05, 4.69) is 24.1 Å². The molecular formula is C22H30CuN2O8S2. The summed E-state index contributed by atoms with van der Waals surface area (Å²) >= 11 is 0. The molecule has 0 aromatic heterocycles. The first-order valence-electron chi connectivity index (χ1n) is 10.3. The van der Waals surface area contributed by atoms with Gasteiger partial charge in [0.25, 0.3) is 10.1 Å². The van der Waals surface area contributed by atoms with Gasteiger partial charge in [-0.15, -0.1) is 10.2 Å². The summed E-state index contributed by atoms with van der Waals surface area (Å²) in [4.78, 5) is -1.25. The molecule has 35 heavy (non-hydrogen) atoms. The van der Waals surface area contributed by atoms with Gasteiger partial charge in [-0.1, -0.05) is 52.3 Å². The number of rotatable bonds is 4. The summed E-state index contributed by atoms with van der Waals surface area (Å²) in [5.74, 6) is -1.14. The van der Waals surface area contributed by atoms with Crippen LogP contribution in [0.5, 0.6) is 11.5 Å². The summed E-state index contributed by atoms with van der Waals surface area (Å²) in [5.41, 5.74) is -0.341. The van der Waals surface area contributed by atoms with Crippen LogP contribution in [0.4, 0.5) is 11.4 Å². The summed E-state index contributed by atoms with van der Waals surface area (Å²) in [6.07, 6.45) is 1.25. The molecule has 0 aliphatic carbocycles. The molecule has 0 aliphatic heterocycles. The van der Waals surface area contributed by atoms with Gasteiger partial charge in [0, 0.05) is 22.5 Å². The summed E-state index contributed by atoms with van der Waals surface area (Å²) in [7, 11) is -9.18. The van der Waals surface area contributed by atoms with E-state index in [1.807, 2.05) is 13.8 Å². The number of aromatic hydroxyl groups is 2. The number of hydrogen-bond acceptors (Lipinski definition) is 9. The van der Waals surface area contributed by atoms with Crippen LogP contribution < -0.4 is 0 Å². The van der Waals surface area contributed by atoms with Crippen molar-refractivity contribution in [2.45, 2.75) is 50.8 Å². The largest absolute Gasteiger partial charge is 0.506 e. The minimum absolute atomic E-state index is 0. The molecule has 13 heteroatoms. The first-order valence-corrected chi connectivity index (χ1v) is 13.2. The summed E-state index contributed by atoms with van der Waals surface area (Å²) in [5, 5.41) is 27.5. The van der Waals surface area contributed by atoms with Crippen LogP contribution in [0, 0.1) is 6.92 Å². The Hall–Kier alpha value is -2.22. The van der Waals surface area contributed by atoms with Crippen LogP contribution >= 0.6 is 10.9 Å². The molecule has 0 amide bonds. The second-order valence-corrected chi connectivity index (χ2v) is 9.69. The van der Waals surface area contributed by atoms with E-state index in [1.54, 1.807) is 6.92 Å². The van der Waals surface area contributed by atoms with E-state index in [0.717, 1.165) is 6.07 Å². The van der Waals surface area contributed by atoms with Crippen molar-refractivity contribution in [3.05, 3.63) is 48.0 Å². The zero-order chi connectivity index (χ0) is 26.3. The van der Waals surface area contributed by atoms with Gasteiger partial charge < -0.3 is 23.9 Å². The fourth-order valence-corrected chi connectivity index (χ4v) is 4.24. The third-order valence-electron chi connectivity index (χ3n) is 3.97. The van der Waals surface area contributed by atoms with E-state index in [9.17, 15) is 36.8 Å². The van der Waals surface area contributed by atoms with Gasteiger partial charge in [-0.2, -0.15) is 8.42 Å². The van der Waals surface area contributed by atoms with Gasteiger partial charge in [0.1, 0.15) is 32.9 Å². The van der Waals surface area contributed by atoms with Crippen LogP contribution in [0.15, 0.2) is 62.5 Å². The summed E-state index contributed by atoms with van der Waals surface area (Å²) in [6.45, 7) is 9.80. The average molecular weight is 578 g/mol. The number of fused-ring (bicyclic) bond motifs is 1. The molecule has 3 rings (SSSR count). The van der Waals surface area contributed by atoms with Crippen molar-refractivity contribution in [1.82, 2.24) is 0 Å². The predicted octanol–water partition coefficient (Wildman–Crippen LogP) is 7.24. The molecule has 0 saturated carbocycles. The molecule has 0 atom stereocenters. The normalized spacial score (nSPS) is 11.7. The Morgan fingerprint density at radius 2 is 1.40 bits per heavy atom. The molecule has 10 nitrogen and oxygen atoms in total. The van der Waals surface area contributed by atoms with Gasteiger partial charge in [-0.05, 0) is 42.1 Å². The SMILES string of the molecule is CC.CCC.Cc1cc(S(O)(O)O)c2c(O)c(N=Nc3ccccc3O)c(S(=O)(=O)O)cc2c1.[Cu]. The Balaban J connectivity index is 0.00000179. The maximum Gasteiger partial charge on any atom is 0.296 e. The topological polar surface area (TPSA) is 180 Å². The molecule has 3 aromatic carbocycles. The van der Waals surface area contributed by atoms with Crippen LogP contribution in [-0.2, 0) is 27.2 Å². The third kappa shape index (κ3) is 8.44. The van der Waals surface area contributed by atoms with Crippen molar-refractivity contribution >= 4 is 43.1 Å². The minimum Gasteiger partial charge on any atom is -0.506 e. The van der Waals surface area contributed by atoms with Crippen molar-refractivity contribution in [2.24, 2.45) is 10.2 Å². The number of nitrogens with zero attached hydrogens (tertiary/aromatic N) is 2. The number of azo groups is 1. The van der Waals surface area contributed by atoms with Gasteiger partial charge >= 0.3 is 0 Å². The molecule has 0 unspecified atom stereocenters. The maximum atomic E-state index is 11.8. The molecule has 3 aromatic rings. The van der Waals surface area contributed by atoms with Gasteiger partial charge in [0.05, 0.1) is 4.90 Å². The van der Waals surface area contributed by atoms with Crippen molar-refractivity contribution in [1.29, 1.82) is 0 Å². The van der Waals surface area contributed by atoms with E-state index in [4.69, 9.17) is 0 Å². The van der Waals surface area contributed by atoms with Crippen LogP contribution in [-0.4, -0.2) is 36.8 Å². The summed E-state index contributed by atoms with van der Waals surface area (Å²) < 4.78 is 62.4. The smallest absolute Gasteiger partial charge is 0.296 e. The number of para-hydroxylation sites is 1. The standard InChI is InChI=1S/C17H16N2O8S2.C3H8.C2H6.Cu/c1-9-6-10-8-14(29(25,26)27)16(19-18-11-4-2-3-5-12(11)20)17(21)15(10)13(7-9)28(22,23)24;1-3-2;1-2;/h2-8,20-24H,1H3,(H,25,26,27);3H2,1-2H3;1-2H3;. The Morgan fingerprint density at radius 1 is 0.857 bits per heavy atom. The van der Waals surface area contributed by atoms with Crippen molar-refractivity contribution < 1.29 is 53.9 Å². The fourth-order valence-electron chi connectivity index (χ4n) is 2.75. The van der Waals surface area contributed by atoms with Gasteiger partial charge in [-0.25, -0.2) is 0 Å². The first-order chi connectivity index (χ1) is 15.8. The molecule has 0 aliphatic rings. The number of phenols is 2. The molecule has 6 N–H and O–H groups in total. The van der Waals surface area contributed by atoms with E-state index in [1.165, 1.54) is 42.8 Å². The molecule has 0 spiro atoms. The average Bonchev–Trinajstić information content (AvgIpc) is 2.74. The summed E-state index contributed by atoms with van der Waals surface area (Å²) in [6, 6.07) is 9.28. The van der Waals surface area contributed by atoms with E-state index in [-0.39, 0.29) is 39.3 Å². The van der Waals surface area contributed by atoms with E-state index >= 15 is 0 Å². The van der Waals surface area contributed by atoms with Crippen LogP contribution in [0.25, 0.3) is 10.8 Å². The fraction of sp³-hybridized carbons (Fsp3) is 0.273.